The maximum Gasteiger partial charge on any atom is 0.183 e. The van der Waals surface area contributed by atoms with Crippen LogP contribution in [0.1, 0.15) is 24.3 Å². The van der Waals surface area contributed by atoms with Gasteiger partial charge in [-0.3, -0.25) is 0 Å². The van der Waals surface area contributed by atoms with Gasteiger partial charge in [-0.2, -0.15) is 0 Å². The zero-order valence-corrected chi connectivity index (χ0v) is 12.9. The van der Waals surface area contributed by atoms with Crippen LogP contribution in [0.25, 0.3) is 0 Å². The van der Waals surface area contributed by atoms with E-state index in [1.54, 1.807) is 12.1 Å². The number of hydrogen-bond donors (Lipinski definition) is 1. The molecule has 0 saturated heterocycles. The van der Waals surface area contributed by atoms with E-state index in [0.29, 0.717) is 16.8 Å². The second-order valence-corrected chi connectivity index (χ2v) is 5.53. The van der Waals surface area contributed by atoms with E-state index in [2.05, 4.69) is 37.2 Å². The summed E-state index contributed by atoms with van der Waals surface area (Å²) in [5, 5.41) is 3.22. The fourth-order valence-corrected chi connectivity index (χ4v) is 2.33. The quantitative estimate of drug-likeness (QED) is 0.829. The zero-order chi connectivity index (χ0) is 13.1. The highest BCUT2D eigenvalue weighted by atomic mass is 79.9. The molecule has 0 saturated carbocycles. The molecule has 0 amide bonds. The van der Waals surface area contributed by atoms with Gasteiger partial charge in [-0.05, 0) is 50.9 Å². The minimum atomic E-state index is -0.195. The van der Waals surface area contributed by atoms with Crippen molar-refractivity contribution in [1.29, 1.82) is 0 Å². The maximum absolute atomic E-state index is 13.6. The van der Waals surface area contributed by atoms with E-state index in [0.717, 1.165) is 10.2 Å². The van der Waals surface area contributed by atoms with Crippen LogP contribution in [0, 0.1) is 5.82 Å². The molecule has 0 aliphatic heterocycles. The molecule has 1 aromatic heterocycles. The Bertz CT molecular complexity index is 522. The first kappa shape index (κ1) is 13.8. The Morgan fingerprint density at radius 2 is 2.06 bits per heavy atom. The Morgan fingerprint density at radius 3 is 2.67 bits per heavy atom. The van der Waals surface area contributed by atoms with Gasteiger partial charge in [0.25, 0.3) is 0 Å². The van der Waals surface area contributed by atoms with Crippen LogP contribution in [0.2, 0.25) is 0 Å². The number of nitrogens with one attached hydrogen (secondary N) is 1. The first-order chi connectivity index (χ1) is 8.58. The smallest absolute Gasteiger partial charge is 0.183 e. The van der Waals surface area contributed by atoms with E-state index in [1.165, 1.54) is 6.07 Å². The van der Waals surface area contributed by atoms with Crippen LogP contribution in [0.15, 0.2) is 43.9 Å². The highest BCUT2D eigenvalue weighted by molar-refractivity contribution is 9.13. The first-order valence-electron chi connectivity index (χ1n) is 5.49. The van der Waals surface area contributed by atoms with Crippen molar-refractivity contribution in [1.82, 2.24) is 5.32 Å². The zero-order valence-electron chi connectivity index (χ0n) is 9.71. The number of hydrogen-bond acceptors (Lipinski definition) is 2. The number of benzene rings is 1. The van der Waals surface area contributed by atoms with Crippen LogP contribution in [0.3, 0.4) is 0 Å². The van der Waals surface area contributed by atoms with Gasteiger partial charge >= 0.3 is 0 Å². The molecule has 18 heavy (non-hydrogen) atoms. The van der Waals surface area contributed by atoms with Gasteiger partial charge in [0.2, 0.25) is 0 Å². The lowest BCUT2D eigenvalue weighted by Gasteiger charge is -2.13. The van der Waals surface area contributed by atoms with Crippen LogP contribution in [-0.4, -0.2) is 0 Å². The second-order valence-electron chi connectivity index (χ2n) is 3.96. The van der Waals surface area contributed by atoms with Crippen LogP contribution < -0.4 is 5.32 Å². The molecule has 2 aromatic rings. The molecule has 0 bridgehead atoms. The molecule has 1 N–H and O–H groups in total. The van der Waals surface area contributed by atoms with Crippen molar-refractivity contribution in [2.75, 3.05) is 0 Å². The highest BCUT2D eigenvalue weighted by Crippen LogP contribution is 2.27. The Labute approximate surface area is 122 Å². The maximum atomic E-state index is 13.6. The van der Waals surface area contributed by atoms with E-state index >= 15 is 0 Å². The topological polar surface area (TPSA) is 25.2 Å². The molecular weight excluding hydrogens is 365 g/mol. The molecule has 0 fully saturated rings. The Morgan fingerprint density at radius 1 is 1.33 bits per heavy atom. The normalized spacial score (nSPS) is 12.7. The molecule has 1 aromatic carbocycles. The summed E-state index contributed by atoms with van der Waals surface area (Å²) in [5.41, 5.74) is 0.655. The molecule has 0 aliphatic carbocycles. The first-order valence-corrected chi connectivity index (χ1v) is 7.08. The van der Waals surface area contributed by atoms with Gasteiger partial charge in [-0.25, -0.2) is 4.39 Å². The fourth-order valence-electron chi connectivity index (χ4n) is 1.67. The lowest BCUT2D eigenvalue weighted by Crippen LogP contribution is -2.18. The van der Waals surface area contributed by atoms with Crippen LogP contribution >= 0.6 is 31.9 Å². The van der Waals surface area contributed by atoms with Crippen molar-refractivity contribution in [3.63, 3.8) is 0 Å². The van der Waals surface area contributed by atoms with Crippen molar-refractivity contribution < 1.29 is 8.81 Å². The highest BCUT2D eigenvalue weighted by Gasteiger charge is 2.11. The largest absolute Gasteiger partial charge is 0.452 e. The van der Waals surface area contributed by atoms with Gasteiger partial charge < -0.3 is 9.73 Å². The van der Waals surface area contributed by atoms with Gasteiger partial charge in [0.15, 0.2) is 4.67 Å². The minimum absolute atomic E-state index is 0.0751. The molecule has 2 nitrogen and oxygen atoms in total. The Balaban J connectivity index is 2.00. The van der Waals surface area contributed by atoms with E-state index in [1.807, 2.05) is 19.1 Å². The molecular formula is C13H12Br2FNO. The average Bonchev–Trinajstić information content (AvgIpc) is 2.66. The third-order valence-electron chi connectivity index (χ3n) is 2.65. The molecule has 96 valence electrons. The van der Waals surface area contributed by atoms with Crippen molar-refractivity contribution in [2.45, 2.75) is 19.5 Å². The lowest BCUT2D eigenvalue weighted by atomic mass is 10.1. The number of furan rings is 1. The van der Waals surface area contributed by atoms with E-state index in [-0.39, 0.29) is 11.9 Å². The molecule has 0 aliphatic rings. The van der Waals surface area contributed by atoms with Gasteiger partial charge in [-0.1, -0.05) is 18.2 Å². The third-order valence-corrected chi connectivity index (χ3v) is 4.36. The van der Waals surface area contributed by atoms with Crippen LogP contribution in [0.4, 0.5) is 4.39 Å². The summed E-state index contributed by atoms with van der Waals surface area (Å²) in [6, 6.07) is 8.57. The summed E-state index contributed by atoms with van der Waals surface area (Å²) < 4.78 is 20.5. The van der Waals surface area contributed by atoms with Gasteiger partial charge in [0.05, 0.1) is 11.0 Å². The summed E-state index contributed by atoms with van der Waals surface area (Å²) in [4.78, 5) is 0. The Kier molecular flexibility index (Phi) is 4.59. The molecule has 1 heterocycles. The van der Waals surface area contributed by atoms with Crippen molar-refractivity contribution in [2.24, 2.45) is 0 Å². The summed E-state index contributed by atoms with van der Waals surface area (Å²) in [6.07, 6.45) is 0. The van der Waals surface area contributed by atoms with Gasteiger partial charge in [-0.15, -0.1) is 0 Å². The van der Waals surface area contributed by atoms with Crippen molar-refractivity contribution in [3.05, 3.63) is 56.6 Å². The summed E-state index contributed by atoms with van der Waals surface area (Å²) >= 11 is 6.63. The SMILES string of the molecule is CC(NCc1cc(Br)c(Br)o1)c1ccccc1F. The molecule has 0 spiro atoms. The predicted octanol–water partition coefficient (Wildman–Crippen LogP) is 4.79. The fraction of sp³-hybridized carbons (Fsp3) is 0.231. The molecule has 5 heteroatoms. The number of halogens is 3. The summed E-state index contributed by atoms with van der Waals surface area (Å²) in [5.74, 6) is 0.594. The molecule has 2 rings (SSSR count). The molecule has 1 atom stereocenters. The van der Waals surface area contributed by atoms with Crippen LogP contribution in [-0.2, 0) is 6.54 Å². The molecule has 0 radical (unpaired) electrons. The summed E-state index contributed by atoms with van der Waals surface area (Å²) in [7, 11) is 0. The summed E-state index contributed by atoms with van der Waals surface area (Å²) in [6.45, 7) is 2.46. The van der Waals surface area contributed by atoms with E-state index in [4.69, 9.17) is 4.42 Å². The van der Waals surface area contributed by atoms with E-state index in [9.17, 15) is 4.39 Å². The van der Waals surface area contributed by atoms with E-state index < -0.39 is 0 Å². The van der Waals surface area contributed by atoms with Crippen LogP contribution in [0.5, 0.6) is 0 Å². The Hall–Kier alpha value is -0.650. The minimum Gasteiger partial charge on any atom is -0.452 e. The van der Waals surface area contributed by atoms with Crippen molar-refractivity contribution in [3.8, 4) is 0 Å². The standard InChI is InChI=1S/C13H12Br2FNO/c1-8(10-4-2-3-5-12(10)16)17-7-9-6-11(14)13(15)18-9/h2-6,8,17H,7H2,1H3. The molecule has 1 unspecified atom stereocenters. The van der Waals surface area contributed by atoms with Gasteiger partial charge in [0, 0.05) is 11.6 Å². The lowest BCUT2D eigenvalue weighted by molar-refractivity contribution is 0.440. The third kappa shape index (κ3) is 3.22. The average molecular weight is 377 g/mol. The van der Waals surface area contributed by atoms with Gasteiger partial charge in [0.1, 0.15) is 11.6 Å². The monoisotopic (exact) mass is 375 g/mol. The predicted molar refractivity (Wildman–Crippen MR) is 75.8 cm³/mol. The second kappa shape index (κ2) is 5.99. The van der Waals surface area contributed by atoms with Crippen molar-refractivity contribution >= 4 is 31.9 Å². The number of rotatable bonds is 4.